The van der Waals surface area contributed by atoms with Crippen LogP contribution >= 0.6 is 0 Å². The van der Waals surface area contributed by atoms with Gasteiger partial charge in [0.1, 0.15) is 12.7 Å². The van der Waals surface area contributed by atoms with Gasteiger partial charge in [-0.1, -0.05) is 13.8 Å². The van der Waals surface area contributed by atoms with E-state index in [9.17, 15) is 0 Å². The molecular formula is C13H24N6O. The second-order valence-electron chi connectivity index (χ2n) is 5.64. The molecule has 0 bridgehead atoms. The largest absolute Gasteiger partial charge is 0.381 e. The third-order valence-corrected chi connectivity index (χ3v) is 4.10. The molecule has 0 aliphatic heterocycles. The molecule has 20 heavy (non-hydrogen) atoms. The second kappa shape index (κ2) is 6.21. The summed E-state index contributed by atoms with van der Waals surface area (Å²) >= 11 is 0. The van der Waals surface area contributed by atoms with Crippen molar-refractivity contribution in [3.05, 3.63) is 12.7 Å². The van der Waals surface area contributed by atoms with Crippen LogP contribution in [0.25, 0.3) is 0 Å². The smallest absolute Gasteiger partial charge is 0.191 e. The van der Waals surface area contributed by atoms with Gasteiger partial charge in [0.2, 0.25) is 0 Å². The molecule has 0 aromatic carbocycles. The van der Waals surface area contributed by atoms with Crippen LogP contribution in [0.3, 0.4) is 0 Å². The van der Waals surface area contributed by atoms with Gasteiger partial charge < -0.3 is 15.4 Å². The molecule has 7 nitrogen and oxygen atoms in total. The monoisotopic (exact) mass is 280 g/mol. The Kier molecular flexibility index (Phi) is 4.59. The van der Waals surface area contributed by atoms with Crippen LogP contribution in [0.5, 0.6) is 0 Å². The number of hydrogen-bond donors (Lipinski definition) is 2. The van der Waals surface area contributed by atoms with Gasteiger partial charge in [-0.3, -0.25) is 9.67 Å². The van der Waals surface area contributed by atoms with E-state index in [1.807, 2.05) is 0 Å². The van der Waals surface area contributed by atoms with E-state index in [4.69, 9.17) is 4.74 Å². The summed E-state index contributed by atoms with van der Waals surface area (Å²) in [5.41, 5.74) is 0.123. The molecule has 112 valence electrons. The van der Waals surface area contributed by atoms with Crippen molar-refractivity contribution in [2.75, 3.05) is 20.7 Å². The van der Waals surface area contributed by atoms with E-state index in [1.165, 1.54) is 6.33 Å². The maximum absolute atomic E-state index is 5.46. The first kappa shape index (κ1) is 14.8. The fraction of sp³-hybridized carbons (Fsp3) is 0.769. The summed E-state index contributed by atoms with van der Waals surface area (Å²) in [5, 5.41) is 10.8. The van der Waals surface area contributed by atoms with Crippen LogP contribution in [-0.2, 0) is 11.3 Å². The van der Waals surface area contributed by atoms with Gasteiger partial charge in [0.15, 0.2) is 5.96 Å². The van der Waals surface area contributed by atoms with Crippen LogP contribution in [0.4, 0.5) is 0 Å². The molecule has 0 amide bonds. The molecule has 2 N–H and O–H groups in total. The minimum atomic E-state index is 0.123. The lowest BCUT2D eigenvalue weighted by Gasteiger charge is -2.51. The Hall–Kier alpha value is -1.63. The Morgan fingerprint density at radius 3 is 2.90 bits per heavy atom. The molecule has 0 saturated heterocycles. The standard InChI is InChI=1S/C13H24N6O/c1-13(2)10(7-11(13)20-4)18-12(14-3)16-5-6-19-9-15-8-17-19/h8-11H,5-7H2,1-4H3,(H2,14,16,18). The Balaban J connectivity index is 1.76. The third kappa shape index (κ3) is 3.09. The Morgan fingerprint density at radius 2 is 2.35 bits per heavy atom. The van der Waals surface area contributed by atoms with Gasteiger partial charge in [-0.05, 0) is 6.42 Å². The van der Waals surface area contributed by atoms with E-state index in [0.717, 1.165) is 25.5 Å². The van der Waals surface area contributed by atoms with Gasteiger partial charge in [-0.2, -0.15) is 5.10 Å². The number of guanidine groups is 1. The predicted octanol–water partition coefficient (Wildman–Crippen LogP) is 0.257. The van der Waals surface area contributed by atoms with Gasteiger partial charge in [0, 0.05) is 32.2 Å². The molecule has 2 atom stereocenters. The summed E-state index contributed by atoms with van der Waals surface area (Å²) in [6, 6.07) is 0.380. The summed E-state index contributed by atoms with van der Waals surface area (Å²) in [5.74, 6) is 0.817. The zero-order valence-corrected chi connectivity index (χ0v) is 12.6. The lowest BCUT2D eigenvalue weighted by molar-refractivity contribution is -0.0922. The SMILES string of the molecule is CN=C(NCCn1cncn1)NC1CC(OC)C1(C)C. The Bertz CT molecular complexity index is 442. The lowest BCUT2D eigenvalue weighted by Crippen LogP contribution is -2.63. The fourth-order valence-corrected chi connectivity index (χ4v) is 2.53. The maximum Gasteiger partial charge on any atom is 0.191 e. The molecule has 1 aliphatic rings. The first-order valence-corrected chi connectivity index (χ1v) is 6.90. The first-order chi connectivity index (χ1) is 9.57. The highest BCUT2D eigenvalue weighted by Crippen LogP contribution is 2.42. The summed E-state index contributed by atoms with van der Waals surface area (Å²) in [7, 11) is 3.55. The van der Waals surface area contributed by atoms with Gasteiger partial charge in [-0.15, -0.1) is 0 Å². The van der Waals surface area contributed by atoms with Crippen LogP contribution in [0.1, 0.15) is 20.3 Å². The molecule has 1 aliphatic carbocycles. The highest BCUT2D eigenvalue weighted by molar-refractivity contribution is 5.80. The number of nitrogens with one attached hydrogen (secondary N) is 2. The van der Waals surface area contributed by atoms with E-state index in [-0.39, 0.29) is 5.41 Å². The van der Waals surface area contributed by atoms with E-state index in [0.29, 0.717) is 12.1 Å². The summed E-state index contributed by atoms with van der Waals surface area (Å²) in [4.78, 5) is 8.17. The van der Waals surface area contributed by atoms with Crippen molar-refractivity contribution in [3.8, 4) is 0 Å². The first-order valence-electron chi connectivity index (χ1n) is 6.90. The van der Waals surface area contributed by atoms with Crippen LogP contribution < -0.4 is 10.6 Å². The molecule has 0 radical (unpaired) electrons. The van der Waals surface area contributed by atoms with Crippen molar-refractivity contribution in [3.63, 3.8) is 0 Å². The minimum Gasteiger partial charge on any atom is -0.381 e. The van der Waals surface area contributed by atoms with Crippen molar-refractivity contribution in [1.82, 2.24) is 25.4 Å². The molecule has 1 fully saturated rings. The quantitative estimate of drug-likeness (QED) is 0.597. The van der Waals surface area contributed by atoms with Crippen molar-refractivity contribution in [1.29, 1.82) is 0 Å². The zero-order chi connectivity index (χ0) is 14.6. The zero-order valence-electron chi connectivity index (χ0n) is 12.6. The molecule has 0 spiro atoms. The number of rotatable bonds is 5. The van der Waals surface area contributed by atoms with Gasteiger partial charge in [-0.25, -0.2) is 4.98 Å². The van der Waals surface area contributed by atoms with Crippen LogP contribution in [-0.4, -0.2) is 53.6 Å². The Morgan fingerprint density at radius 1 is 1.55 bits per heavy atom. The molecule has 7 heteroatoms. The van der Waals surface area contributed by atoms with Gasteiger partial charge in [0.25, 0.3) is 0 Å². The van der Waals surface area contributed by atoms with Crippen molar-refractivity contribution in [2.45, 2.75) is 39.0 Å². The number of aromatic nitrogens is 3. The maximum atomic E-state index is 5.46. The summed E-state index contributed by atoms with van der Waals surface area (Å²) in [6.07, 6.45) is 4.56. The van der Waals surface area contributed by atoms with Crippen molar-refractivity contribution < 1.29 is 4.74 Å². The topological polar surface area (TPSA) is 76.4 Å². The molecule has 2 unspecified atom stereocenters. The molecule has 1 aromatic rings. The fourth-order valence-electron chi connectivity index (χ4n) is 2.53. The average Bonchev–Trinajstić information content (AvgIpc) is 2.94. The van der Waals surface area contributed by atoms with Gasteiger partial charge in [0.05, 0.1) is 12.6 Å². The average molecular weight is 280 g/mol. The van der Waals surface area contributed by atoms with E-state index < -0.39 is 0 Å². The highest BCUT2D eigenvalue weighted by atomic mass is 16.5. The summed E-state index contributed by atoms with van der Waals surface area (Å²) < 4.78 is 7.24. The molecule has 2 rings (SSSR count). The predicted molar refractivity (Wildman–Crippen MR) is 77.5 cm³/mol. The number of aliphatic imine (C=N–C) groups is 1. The van der Waals surface area contributed by atoms with Crippen LogP contribution in [0.2, 0.25) is 0 Å². The number of hydrogen-bond acceptors (Lipinski definition) is 4. The normalized spacial score (nSPS) is 25.1. The van der Waals surface area contributed by atoms with E-state index in [2.05, 4.69) is 39.6 Å². The second-order valence-corrected chi connectivity index (χ2v) is 5.64. The minimum absolute atomic E-state index is 0.123. The molecule has 1 aromatic heterocycles. The van der Waals surface area contributed by atoms with E-state index >= 15 is 0 Å². The lowest BCUT2D eigenvalue weighted by atomic mass is 9.64. The van der Waals surface area contributed by atoms with Crippen molar-refractivity contribution in [2.24, 2.45) is 10.4 Å². The molecular weight excluding hydrogens is 256 g/mol. The number of ether oxygens (including phenoxy) is 1. The third-order valence-electron chi connectivity index (χ3n) is 4.10. The van der Waals surface area contributed by atoms with Crippen LogP contribution in [0, 0.1) is 5.41 Å². The summed E-state index contributed by atoms with van der Waals surface area (Å²) in [6.45, 7) is 5.94. The Labute approximate surface area is 119 Å². The molecule has 1 heterocycles. The number of nitrogens with zero attached hydrogens (tertiary/aromatic N) is 4. The van der Waals surface area contributed by atoms with Gasteiger partial charge >= 0.3 is 0 Å². The van der Waals surface area contributed by atoms with Crippen LogP contribution in [0.15, 0.2) is 17.6 Å². The number of methoxy groups -OCH3 is 1. The highest BCUT2D eigenvalue weighted by Gasteiger charge is 2.48. The van der Waals surface area contributed by atoms with E-state index in [1.54, 1.807) is 25.2 Å². The molecule has 1 saturated carbocycles. The van der Waals surface area contributed by atoms with Crippen molar-refractivity contribution >= 4 is 5.96 Å².